The van der Waals surface area contributed by atoms with Gasteiger partial charge in [-0.15, -0.1) is 0 Å². The molecule has 4 N–H and O–H groups in total. The molecular formula is C21H36N4O2+2. The van der Waals surface area contributed by atoms with Crippen molar-refractivity contribution in [1.29, 1.82) is 0 Å². The van der Waals surface area contributed by atoms with Crippen LogP contribution >= 0.6 is 0 Å². The van der Waals surface area contributed by atoms with Crippen molar-refractivity contribution >= 4 is 17.5 Å². The number of nitrogens with one attached hydrogen (secondary N) is 4. The third-order valence-electron chi connectivity index (χ3n) is 5.49. The second-order valence-corrected chi connectivity index (χ2v) is 7.91. The molecule has 0 saturated carbocycles. The van der Waals surface area contributed by atoms with E-state index in [1.807, 2.05) is 19.1 Å². The van der Waals surface area contributed by atoms with E-state index in [9.17, 15) is 9.59 Å². The maximum atomic E-state index is 12.4. The number of amides is 2. The third kappa shape index (κ3) is 6.96. The summed E-state index contributed by atoms with van der Waals surface area (Å²) in [6.45, 7) is 13.0. The fourth-order valence-corrected chi connectivity index (χ4v) is 3.68. The van der Waals surface area contributed by atoms with E-state index in [0.29, 0.717) is 13.1 Å². The summed E-state index contributed by atoms with van der Waals surface area (Å²) < 4.78 is 0. The minimum atomic E-state index is 0.0632. The van der Waals surface area contributed by atoms with E-state index in [1.54, 1.807) is 0 Å². The fourth-order valence-electron chi connectivity index (χ4n) is 3.68. The molecule has 1 atom stereocenters. The number of rotatable bonds is 8. The quantitative estimate of drug-likeness (QED) is 0.486. The number of quaternary nitrogens is 2. The lowest BCUT2D eigenvalue weighted by Crippen LogP contribution is -3.28. The van der Waals surface area contributed by atoms with Crippen LogP contribution in [0.25, 0.3) is 0 Å². The summed E-state index contributed by atoms with van der Waals surface area (Å²) in [5.74, 6) is 0.204. The van der Waals surface area contributed by atoms with Gasteiger partial charge in [0.1, 0.15) is 26.2 Å². The van der Waals surface area contributed by atoms with Crippen LogP contribution in [0.1, 0.15) is 37.8 Å². The lowest BCUT2D eigenvalue weighted by Gasteiger charge is -2.29. The van der Waals surface area contributed by atoms with Gasteiger partial charge in [0.05, 0.1) is 0 Å². The van der Waals surface area contributed by atoms with Crippen LogP contribution in [0.15, 0.2) is 18.2 Å². The molecule has 27 heavy (non-hydrogen) atoms. The number of piperazine rings is 1. The number of benzene rings is 1. The van der Waals surface area contributed by atoms with Crippen LogP contribution in [0, 0.1) is 13.8 Å². The molecule has 0 unspecified atom stereocenters. The Morgan fingerprint density at radius 3 is 2.22 bits per heavy atom. The molecule has 0 aromatic heterocycles. The molecule has 6 heteroatoms. The first-order valence-corrected chi connectivity index (χ1v) is 10.2. The number of anilines is 1. The number of hydrogen-bond donors (Lipinski definition) is 4. The topological polar surface area (TPSA) is 67.1 Å². The van der Waals surface area contributed by atoms with E-state index >= 15 is 0 Å². The summed E-state index contributed by atoms with van der Waals surface area (Å²) in [6, 6.07) is 6.23. The van der Waals surface area contributed by atoms with Crippen molar-refractivity contribution in [1.82, 2.24) is 5.32 Å². The number of hydrogen-bond acceptors (Lipinski definition) is 2. The minimum Gasteiger partial charge on any atom is -0.349 e. The molecule has 1 aliphatic heterocycles. The molecule has 1 fully saturated rings. The van der Waals surface area contributed by atoms with Gasteiger partial charge in [-0.3, -0.25) is 9.59 Å². The van der Waals surface area contributed by atoms with Gasteiger partial charge < -0.3 is 20.4 Å². The molecule has 0 radical (unpaired) electrons. The Hall–Kier alpha value is -1.92. The maximum absolute atomic E-state index is 12.4. The van der Waals surface area contributed by atoms with Crippen LogP contribution < -0.4 is 20.4 Å². The second-order valence-electron chi connectivity index (χ2n) is 7.91. The fraction of sp³-hybridized carbons (Fsp3) is 0.619. The predicted molar refractivity (Wildman–Crippen MR) is 108 cm³/mol. The summed E-state index contributed by atoms with van der Waals surface area (Å²) in [4.78, 5) is 27.1. The molecular weight excluding hydrogens is 340 g/mol. The maximum Gasteiger partial charge on any atom is 0.279 e. The normalized spacial score (nSPS) is 20.7. The second kappa shape index (κ2) is 10.4. The monoisotopic (exact) mass is 376 g/mol. The van der Waals surface area contributed by atoms with E-state index in [1.165, 1.54) is 15.4 Å². The molecule has 0 bridgehead atoms. The Bertz CT molecular complexity index is 639. The van der Waals surface area contributed by atoms with E-state index in [-0.39, 0.29) is 17.9 Å². The van der Waals surface area contributed by atoms with Gasteiger partial charge in [0.2, 0.25) is 0 Å². The van der Waals surface area contributed by atoms with Gasteiger partial charge in [0, 0.05) is 11.7 Å². The van der Waals surface area contributed by atoms with Crippen LogP contribution in [-0.4, -0.2) is 57.1 Å². The van der Waals surface area contributed by atoms with Crippen molar-refractivity contribution in [3.8, 4) is 0 Å². The van der Waals surface area contributed by atoms with Gasteiger partial charge in [-0.1, -0.05) is 25.5 Å². The average molecular weight is 377 g/mol. The zero-order valence-electron chi connectivity index (χ0n) is 17.3. The third-order valence-corrected chi connectivity index (χ3v) is 5.49. The molecule has 6 nitrogen and oxygen atoms in total. The Kier molecular flexibility index (Phi) is 8.25. The van der Waals surface area contributed by atoms with Crippen molar-refractivity contribution in [3.63, 3.8) is 0 Å². The lowest BCUT2D eigenvalue weighted by molar-refractivity contribution is -1.00. The molecule has 1 saturated heterocycles. The highest BCUT2D eigenvalue weighted by molar-refractivity contribution is 5.92. The first-order chi connectivity index (χ1) is 12.9. The van der Waals surface area contributed by atoms with Gasteiger partial charge in [-0.2, -0.15) is 0 Å². The van der Waals surface area contributed by atoms with Crippen LogP contribution in [0.2, 0.25) is 0 Å². The first-order valence-electron chi connectivity index (χ1n) is 10.2. The van der Waals surface area contributed by atoms with Crippen molar-refractivity contribution in [2.45, 2.75) is 46.6 Å². The van der Waals surface area contributed by atoms with E-state index in [2.05, 4.69) is 37.5 Å². The van der Waals surface area contributed by atoms with Crippen LogP contribution in [0.3, 0.4) is 0 Å². The molecule has 0 aliphatic carbocycles. The molecule has 0 spiro atoms. The number of carbonyl (C=O) groups excluding carboxylic acids is 2. The van der Waals surface area contributed by atoms with Crippen molar-refractivity contribution in [3.05, 3.63) is 29.3 Å². The molecule has 1 heterocycles. The number of carbonyl (C=O) groups is 2. The largest absolute Gasteiger partial charge is 0.349 e. The van der Waals surface area contributed by atoms with Gasteiger partial charge in [0.25, 0.3) is 11.8 Å². The van der Waals surface area contributed by atoms with E-state index in [4.69, 9.17) is 0 Å². The molecule has 1 aromatic carbocycles. The van der Waals surface area contributed by atoms with Crippen molar-refractivity contribution < 1.29 is 19.4 Å². The van der Waals surface area contributed by atoms with Crippen LogP contribution in [0.5, 0.6) is 0 Å². The van der Waals surface area contributed by atoms with Gasteiger partial charge in [-0.25, -0.2) is 0 Å². The highest BCUT2D eigenvalue weighted by atomic mass is 16.2. The van der Waals surface area contributed by atoms with E-state index < -0.39 is 0 Å². The Balaban J connectivity index is 1.71. The number of aryl methyl sites for hydroxylation is 1. The van der Waals surface area contributed by atoms with Gasteiger partial charge in [-0.05, 0) is 44.4 Å². The SMILES string of the molecule is CCC[C@H](C)NC(=O)C[NH+]1CC[NH+](CC(=O)Nc2cccc(C)c2C)CC1. The average Bonchev–Trinajstić information content (AvgIpc) is 2.60. The van der Waals surface area contributed by atoms with Crippen LogP contribution in [0.4, 0.5) is 5.69 Å². The highest BCUT2D eigenvalue weighted by Gasteiger charge is 2.26. The van der Waals surface area contributed by atoms with Gasteiger partial charge in [0.15, 0.2) is 13.1 Å². The van der Waals surface area contributed by atoms with Crippen LogP contribution in [-0.2, 0) is 9.59 Å². The first kappa shape index (κ1) is 21.4. The predicted octanol–water partition coefficient (Wildman–Crippen LogP) is -0.670. The lowest BCUT2D eigenvalue weighted by atomic mass is 10.1. The highest BCUT2D eigenvalue weighted by Crippen LogP contribution is 2.17. The zero-order chi connectivity index (χ0) is 19.8. The molecule has 1 aromatic rings. The zero-order valence-corrected chi connectivity index (χ0v) is 17.3. The summed E-state index contributed by atoms with van der Waals surface area (Å²) in [5, 5.41) is 6.12. The summed E-state index contributed by atoms with van der Waals surface area (Å²) in [5.41, 5.74) is 3.21. The Morgan fingerprint density at radius 1 is 1.04 bits per heavy atom. The summed E-state index contributed by atoms with van der Waals surface area (Å²) in [7, 11) is 0. The Labute approximate surface area is 163 Å². The molecule has 2 amide bonds. The minimum absolute atomic E-state index is 0.0632. The molecule has 2 rings (SSSR count). The van der Waals surface area contributed by atoms with E-state index in [0.717, 1.165) is 50.3 Å². The van der Waals surface area contributed by atoms with Crippen molar-refractivity contribution in [2.24, 2.45) is 0 Å². The summed E-state index contributed by atoms with van der Waals surface area (Å²) in [6.07, 6.45) is 2.11. The van der Waals surface area contributed by atoms with Crippen molar-refractivity contribution in [2.75, 3.05) is 44.6 Å². The Morgan fingerprint density at radius 2 is 1.63 bits per heavy atom. The summed E-state index contributed by atoms with van der Waals surface area (Å²) >= 11 is 0. The van der Waals surface area contributed by atoms with Gasteiger partial charge >= 0.3 is 0 Å². The standard InChI is InChI=1S/C21H34N4O2/c1-5-7-17(3)22-20(26)14-24-10-12-25(13-11-24)15-21(27)23-19-9-6-8-16(2)18(19)4/h6,8-9,17H,5,7,10-15H2,1-4H3,(H,22,26)(H,23,27)/p+2/t17-/m0/s1. The smallest absolute Gasteiger partial charge is 0.279 e. The molecule has 150 valence electrons. The molecule has 1 aliphatic rings.